The van der Waals surface area contributed by atoms with E-state index in [0.29, 0.717) is 12.4 Å². The van der Waals surface area contributed by atoms with Crippen LogP contribution in [0.25, 0.3) is 0 Å². The Kier molecular flexibility index (Phi) is 21.1. The maximum absolute atomic E-state index is 12.7. The van der Waals surface area contributed by atoms with Gasteiger partial charge in [0.2, 0.25) is 0 Å². The number of nitrogens with one attached hydrogen (secondary N) is 1. The van der Waals surface area contributed by atoms with Gasteiger partial charge in [0.25, 0.3) is 5.92 Å². The largest absolute Gasteiger partial charge is 0.497 e. The molecule has 220 valence electrons. The monoisotopic (exact) mass is 559 g/mol. The van der Waals surface area contributed by atoms with Gasteiger partial charge in [-0.25, -0.2) is 8.78 Å². The van der Waals surface area contributed by atoms with Gasteiger partial charge in [0, 0.05) is 32.0 Å². The van der Waals surface area contributed by atoms with Gasteiger partial charge in [0.1, 0.15) is 5.75 Å². The zero-order valence-electron chi connectivity index (χ0n) is 23.3. The molecule has 1 saturated carbocycles. The molecule has 2 aromatic rings. The molecule has 3 N–H and O–H groups in total. The Labute approximate surface area is 229 Å². The average Bonchev–Trinajstić information content (AvgIpc) is 3.75. The van der Waals surface area contributed by atoms with E-state index in [1.807, 2.05) is 24.3 Å². The number of halogens is 5. The highest BCUT2D eigenvalue weighted by Crippen LogP contribution is 2.29. The van der Waals surface area contributed by atoms with Crippen LogP contribution < -0.4 is 15.8 Å². The summed E-state index contributed by atoms with van der Waals surface area (Å²) in [4.78, 5) is 11.0. The predicted molar refractivity (Wildman–Crippen MR) is 153 cm³/mol. The van der Waals surface area contributed by atoms with Crippen molar-refractivity contribution in [2.24, 2.45) is 26.6 Å². The first-order valence-electron chi connectivity index (χ1n) is 12.2. The minimum atomic E-state index is -3.96. The number of benzene rings is 2. The third-order valence-corrected chi connectivity index (χ3v) is 4.71. The molecule has 1 aliphatic carbocycles. The van der Waals surface area contributed by atoms with Crippen molar-refractivity contribution in [1.82, 2.24) is 5.32 Å². The molecule has 6 nitrogen and oxygen atoms in total. The van der Waals surface area contributed by atoms with Gasteiger partial charge in [-0.3, -0.25) is 15.3 Å². The van der Waals surface area contributed by atoms with Crippen molar-refractivity contribution in [3.05, 3.63) is 59.7 Å². The molecular weight excluding hydrogens is 517 g/mol. The number of hydrogen-bond donors (Lipinski definition) is 2. The predicted octanol–water partition coefficient (Wildman–Crippen LogP) is 7.20. The molecule has 0 radical (unpaired) electrons. The van der Waals surface area contributed by atoms with Crippen molar-refractivity contribution >= 4 is 25.8 Å². The minimum Gasteiger partial charge on any atom is -0.497 e. The summed E-state index contributed by atoms with van der Waals surface area (Å²) in [5.41, 5.74) is 6.12. The lowest BCUT2D eigenvalue weighted by Gasteiger charge is -2.09. The minimum absolute atomic E-state index is 0.0348. The molecule has 0 aromatic heterocycles. The Morgan fingerprint density at radius 3 is 1.97 bits per heavy atom. The van der Waals surface area contributed by atoms with E-state index in [1.165, 1.54) is 43.7 Å². The zero-order valence-corrected chi connectivity index (χ0v) is 23.3. The molecule has 11 heteroatoms. The smallest absolute Gasteiger partial charge is 0.388 e. The van der Waals surface area contributed by atoms with E-state index in [-0.39, 0.29) is 5.56 Å². The molecular formula is C28H42F5N5O. The summed E-state index contributed by atoms with van der Waals surface area (Å²) in [5, 5.41) is 3.12. The van der Waals surface area contributed by atoms with Gasteiger partial charge >= 0.3 is 6.18 Å². The van der Waals surface area contributed by atoms with Crippen LogP contribution in [-0.4, -0.2) is 53.7 Å². The van der Waals surface area contributed by atoms with Gasteiger partial charge in [-0.2, -0.15) is 13.2 Å². The number of alkyl halides is 5. The summed E-state index contributed by atoms with van der Waals surface area (Å²) in [6, 6.07) is 13.8. The number of ether oxygens (including phenoxy) is 1. The molecule has 1 aliphatic rings. The molecule has 0 heterocycles. The Hall–Kier alpha value is -3.18. The van der Waals surface area contributed by atoms with Crippen molar-refractivity contribution in [3.63, 3.8) is 0 Å². The molecule has 0 amide bonds. The van der Waals surface area contributed by atoms with Crippen LogP contribution in [0.1, 0.15) is 44.2 Å². The van der Waals surface area contributed by atoms with Crippen LogP contribution >= 0.6 is 0 Å². The molecule has 0 saturated heterocycles. The van der Waals surface area contributed by atoms with Crippen molar-refractivity contribution in [2.45, 2.75) is 51.8 Å². The normalized spacial score (nSPS) is 11.8. The van der Waals surface area contributed by atoms with E-state index in [9.17, 15) is 22.0 Å². The first-order valence-corrected chi connectivity index (χ1v) is 12.2. The number of nitrogens with two attached hydrogens (primary N) is 1. The second kappa shape index (κ2) is 21.7. The molecule has 0 unspecified atom stereocenters. The molecule has 0 aliphatic heterocycles. The number of rotatable bonds is 9. The van der Waals surface area contributed by atoms with Crippen molar-refractivity contribution in [3.8, 4) is 5.75 Å². The van der Waals surface area contributed by atoms with Crippen LogP contribution in [0.15, 0.2) is 63.5 Å². The highest BCUT2D eigenvalue weighted by Gasteiger charge is 2.24. The van der Waals surface area contributed by atoms with Crippen LogP contribution in [0.3, 0.4) is 0 Å². The molecule has 0 atom stereocenters. The van der Waals surface area contributed by atoms with Crippen molar-refractivity contribution in [2.75, 3.05) is 27.4 Å². The summed E-state index contributed by atoms with van der Waals surface area (Å²) in [5.74, 6) is -1.01. The number of methoxy groups -OCH3 is 1. The number of nitrogens with zero attached hydrogens (tertiary/aromatic N) is 3. The quantitative estimate of drug-likeness (QED) is 0.194. The molecule has 0 bridgehead atoms. The third kappa shape index (κ3) is 22.5. The first-order chi connectivity index (χ1) is 18.4. The third-order valence-electron chi connectivity index (χ3n) is 4.71. The lowest BCUT2D eigenvalue weighted by molar-refractivity contribution is -0.130. The van der Waals surface area contributed by atoms with Crippen LogP contribution in [0.2, 0.25) is 0 Å². The fourth-order valence-corrected chi connectivity index (χ4v) is 2.42. The fourth-order valence-electron chi connectivity index (χ4n) is 2.42. The lowest BCUT2D eigenvalue weighted by Crippen LogP contribution is -2.12. The van der Waals surface area contributed by atoms with Gasteiger partial charge in [0.15, 0.2) is 0 Å². The Morgan fingerprint density at radius 1 is 0.974 bits per heavy atom. The van der Waals surface area contributed by atoms with Crippen molar-refractivity contribution in [1.29, 1.82) is 0 Å². The number of aliphatic imine (C=N–C) groups is 3. The topological polar surface area (TPSA) is 84.4 Å². The zero-order chi connectivity index (χ0) is 30.3. The second-order valence-corrected chi connectivity index (χ2v) is 8.08. The SMILES string of the molecule is C=NCC1CC1.C=NCNCc1cccc(OC)c1.C=Nc1cccc(C(C)(F)F)c1.CCC(F)(F)F.CN. The summed E-state index contributed by atoms with van der Waals surface area (Å²) in [7, 11) is 3.16. The lowest BCUT2D eigenvalue weighted by atomic mass is 10.1. The number of hydrogen-bond acceptors (Lipinski definition) is 6. The second-order valence-electron chi connectivity index (χ2n) is 8.08. The molecule has 3 rings (SSSR count). The summed E-state index contributed by atoms with van der Waals surface area (Å²) >= 11 is 0. The van der Waals surface area contributed by atoms with E-state index in [4.69, 9.17) is 4.74 Å². The van der Waals surface area contributed by atoms with E-state index < -0.39 is 18.5 Å². The van der Waals surface area contributed by atoms with Crippen LogP contribution in [-0.2, 0) is 12.5 Å². The van der Waals surface area contributed by atoms with E-state index in [0.717, 1.165) is 38.6 Å². The maximum Gasteiger partial charge on any atom is 0.388 e. The summed E-state index contributed by atoms with van der Waals surface area (Å²) in [6.07, 6.45) is -1.91. The molecule has 2 aromatic carbocycles. The Morgan fingerprint density at radius 2 is 1.56 bits per heavy atom. The van der Waals surface area contributed by atoms with E-state index in [2.05, 4.69) is 46.2 Å². The summed E-state index contributed by atoms with van der Waals surface area (Å²) < 4.78 is 62.9. The van der Waals surface area contributed by atoms with Gasteiger partial charge < -0.3 is 15.5 Å². The maximum atomic E-state index is 12.7. The van der Waals surface area contributed by atoms with Gasteiger partial charge in [-0.1, -0.05) is 31.2 Å². The van der Waals surface area contributed by atoms with Gasteiger partial charge in [0.05, 0.1) is 19.5 Å². The summed E-state index contributed by atoms with van der Waals surface area (Å²) in [6.45, 7) is 14.3. The van der Waals surface area contributed by atoms with Crippen LogP contribution in [0.4, 0.5) is 27.6 Å². The van der Waals surface area contributed by atoms with Crippen molar-refractivity contribution < 1.29 is 26.7 Å². The Balaban J connectivity index is 0. The first kappa shape index (κ1) is 38.0. The van der Waals surface area contributed by atoms with Crippen LogP contribution in [0.5, 0.6) is 5.75 Å². The van der Waals surface area contributed by atoms with Crippen LogP contribution in [0, 0.1) is 5.92 Å². The molecule has 0 spiro atoms. The van der Waals surface area contributed by atoms with E-state index >= 15 is 0 Å². The Bertz CT molecular complexity index is 929. The van der Waals surface area contributed by atoms with Gasteiger partial charge in [-0.05, 0) is 75.8 Å². The fraction of sp³-hybridized carbons (Fsp3) is 0.464. The van der Waals surface area contributed by atoms with E-state index in [1.54, 1.807) is 13.2 Å². The molecule has 1 fully saturated rings. The van der Waals surface area contributed by atoms with Gasteiger partial charge in [-0.15, -0.1) is 0 Å². The average molecular weight is 560 g/mol. The highest BCUT2D eigenvalue weighted by molar-refractivity contribution is 5.47. The standard InChI is InChI=1S/C10H14N2O.C9H9F2N.C5H9N.C3H5F3.CH5N/c1-11-8-12-7-9-4-3-5-10(6-9)13-2;1-9(10,11)7-4-3-5-8(6-7)12-2;1-6-4-5-2-3-5;1-2-3(4,5)6;1-2/h3-6,12H,1,7-8H2,2H3;3-6H,2H2,1H3;5H,1-4H2;2H2,1H3;2H2,1H3. The molecule has 39 heavy (non-hydrogen) atoms. The highest BCUT2D eigenvalue weighted by atomic mass is 19.4.